The van der Waals surface area contributed by atoms with Crippen LogP contribution in [0.1, 0.15) is 12.5 Å². The molecule has 3 nitrogen and oxygen atoms in total. The minimum atomic E-state index is -1.76. The Labute approximate surface area is 84.1 Å². The van der Waals surface area contributed by atoms with Gasteiger partial charge in [0.15, 0.2) is 0 Å². The van der Waals surface area contributed by atoms with Gasteiger partial charge in [0.1, 0.15) is 16.8 Å². The summed E-state index contributed by atoms with van der Waals surface area (Å²) in [7, 11) is -1.76. The van der Waals surface area contributed by atoms with E-state index in [0.29, 0.717) is 6.04 Å². The van der Waals surface area contributed by atoms with Crippen molar-refractivity contribution in [1.29, 1.82) is 0 Å². The summed E-state index contributed by atoms with van der Waals surface area (Å²) >= 11 is 0. The summed E-state index contributed by atoms with van der Waals surface area (Å²) in [4.78, 5) is 0.0605. The fraction of sp³-hybridized carbons (Fsp3) is 0.333. The normalized spacial score (nSPS) is 21.5. The summed E-state index contributed by atoms with van der Waals surface area (Å²) in [5.74, 6) is -0.486. The van der Waals surface area contributed by atoms with Crippen molar-refractivity contribution >= 4 is 16.7 Å². The van der Waals surface area contributed by atoms with Crippen LogP contribution in [0.5, 0.6) is 0 Å². The highest BCUT2D eigenvalue weighted by Crippen LogP contribution is 2.29. The van der Waals surface area contributed by atoms with Crippen LogP contribution in [0.3, 0.4) is 0 Å². The van der Waals surface area contributed by atoms with Gasteiger partial charge in [0, 0.05) is 11.7 Å². The quantitative estimate of drug-likeness (QED) is 0.737. The first-order valence-corrected chi connectivity index (χ1v) is 5.54. The zero-order chi connectivity index (χ0) is 10.3. The van der Waals surface area contributed by atoms with Crippen LogP contribution in [-0.2, 0) is 17.4 Å². The van der Waals surface area contributed by atoms with Gasteiger partial charge in [0.25, 0.3) is 0 Å². The first-order valence-electron chi connectivity index (χ1n) is 4.33. The molecule has 2 unspecified atom stereocenters. The minimum Gasteiger partial charge on any atom is -0.382 e. The van der Waals surface area contributed by atoms with Crippen LogP contribution in [0.2, 0.25) is 0 Å². The summed E-state index contributed by atoms with van der Waals surface area (Å²) in [6, 6.07) is 3.24. The molecular formula is C9H11FN2OS. The Kier molecular flexibility index (Phi) is 2.28. The Morgan fingerprint density at radius 3 is 3.00 bits per heavy atom. The third-order valence-electron chi connectivity index (χ3n) is 2.30. The number of hydrogen-bond donors (Lipinski definition) is 2. The highest BCUT2D eigenvalue weighted by atomic mass is 32.2. The number of rotatable bonds is 1. The lowest BCUT2D eigenvalue weighted by atomic mass is 10.1. The van der Waals surface area contributed by atoms with Crippen LogP contribution in [0.25, 0.3) is 0 Å². The van der Waals surface area contributed by atoms with E-state index in [1.807, 2.05) is 6.92 Å². The van der Waals surface area contributed by atoms with Gasteiger partial charge in [-0.2, -0.15) is 0 Å². The highest BCUT2D eigenvalue weighted by Gasteiger charge is 2.20. The Morgan fingerprint density at radius 1 is 1.64 bits per heavy atom. The smallest absolute Gasteiger partial charge is 0.141 e. The molecule has 2 rings (SSSR count). The molecule has 2 atom stereocenters. The van der Waals surface area contributed by atoms with Gasteiger partial charge in [-0.05, 0) is 31.0 Å². The van der Waals surface area contributed by atoms with E-state index in [2.05, 4.69) is 5.32 Å². The fourth-order valence-corrected chi connectivity index (χ4v) is 2.18. The van der Waals surface area contributed by atoms with Crippen molar-refractivity contribution in [1.82, 2.24) is 0 Å². The first kappa shape index (κ1) is 9.61. The monoisotopic (exact) mass is 214 g/mol. The number of nitrogens with two attached hydrogens (primary N) is 1. The SMILES string of the molecule is CC1Cc2cc(F)c(S(N)=O)cc2N1. The maximum absolute atomic E-state index is 13.3. The maximum Gasteiger partial charge on any atom is 0.141 e. The molecule has 1 aliphatic rings. The van der Waals surface area contributed by atoms with Gasteiger partial charge < -0.3 is 5.32 Å². The third kappa shape index (κ3) is 1.53. The van der Waals surface area contributed by atoms with Gasteiger partial charge in [-0.25, -0.2) is 13.7 Å². The molecule has 0 aliphatic carbocycles. The number of halogens is 1. The molecule has 0 saturated carbocycles. The predicted octanol–water partition coefficient (Wildman–Crippen LogP) is 1.16. The Balaban J connectivity index is 2.50. The van der Waals surface area contributed by atoms with E-state index < -0.39 is 16.8 Å². The summed E-state index contributed by atoms with van der Waals surface area (Å²) in [5, 5.41) is 8.31. The zero-order valence-corrected chi connectivity index (χ0v) is 8.53. The van der Waals surface area contributed by atoms with E-state index in [1.165, 1.54) is 12.1 Å². The highest BCUT2D eigenvalue weighted by molar-refractivity contribution is 7.82. The van der Waals surface area contributed by atoms with Crippen molar-refractivity contribution in [3.63, 3.8) is 0 Å². The van der Waals surface area contributed by atoms with Gasteiger partial charge in [0.05, 0.1) is 4.90 Å². The van der Waals surface area contributed by atoms with Gasteiger partial charge in [0.2, 0.25) is 0 Å². The number of benzene rings is 1. The lowest BCUT2D eigenvalue weighted by Gasteiger charge is -2.04. The molecule has 0 fully saturated rings. The Morgan fingerprint density at radius 2 is 2.36 bits per heavy atom. The van der Waals surface area contributed by atoms with E-state index >= 15 is 0 Å². The van der Waals surface area contributed by atoms with Crippen molar-refractivity contribution in [3.05, 3.63) is 23.5 Å². The van der Waals surface area contributed by atoms with E-state index in [4.69, 9.17) is 5.14 Å². The largest absolute Gasteiger partial charge is 0.382 e. The third-order valence-corrected chi connectivity index (χ3v) is 3.05. The summed E-state index contributed by atoms with van der Waals surface area (Å²) < 4.78 is 24.3. The minimum absolute atomic E-state index is 0.0605. The van der Waals surface area contributed by atoms with Crippen LogP contribution in [0.15, 0.2) is 17.0 Å². The van der Waals surface area contributed by atoms with Crippen LogP contribution in [0, 0.1) is 5.82 Å². The molecule has 0 bridgehead atoms. The van der Waals surface area contributed by atoms with Gasteiger partial charge in [-0.1, -0.05) is 0 Å². The molecule has 76 valence electrons. The summed E-state index contributed by atoms with van der Waals surface area (Å²) in [6.45, 7) is 2.01. The van der Waals surface area contributed by atoms with E-state index in [1.54, 1.807) is 0 Å². The number of nitrogens with one attached hydrogen (secondary N) is 1. The molecule has 1 aromatic rings. The molecule has 14 heavy (non-hydrogen) atoms. The maximum atomic E-state index is 13.3. The lowest BCUT2D eigenvalue weighted by Crippen LogP contribution is -2.09. The van der Waals surface area contributed by atoms with Crippen molar-refractivity contribution in [3.8, 4) is 0 Å². The summed E-state index contributed by atoms with van der Waals surface area (Å²) in [5.41, 5.74) is 1.76. The van der Waals surface area contributed by atoms with E-state index in [-0.39, 0.29) is 4.90 Å². The molecule has 0 radical (unpaired) electrons. The van der Waals surface area contributed by atoms with Crippen LogP contribution in [0.4, 0.5) is 10.1 Å². The second-order valence-corrected chi connectivity index (χ2v) is 4.52. The van der Waals surface area contributed by atoms with Crippen LogP contribution in [-0.4, -0.2) is 10.3 Å². The lowest BCUT2D eigenvalue weighted by molar-refractivity contribution is 0.594. The van der Waals surface area contributed by atoms with Crippen LogP contribution < -0.4 is 10.5 Å². The predicted molar refractivity (Wildman–Crippen MR) is 53.8 cm³/mol. The van der Waals surface area contributed by atoms with Crippen LogP contribution >= 0.6 is 0 Å². The number of anilines is 1. The van der Waals surface area contributed by atoms with Gasteiger partial charge in [-0.15, -0.1) is 0 Å². The van der Waals surface area contributed by atoms with Crippen molar-refractivity contribution in [2.24, 2.45) is 5.14 Å². The molecule has 0 amide bonds. The standard InChI is InChI=1S/C9H11FN2OS/c1-5-2-6-3-7(10)9(14(11)13)4-8(6)12-5/h3-5,12H,2,11H2,1H3. The van der Waals surface area contributed by atoms with Gasteiger partial charge in [-0.3, -0.25) is 0 Å². The zero-order valence-electron chi connectivity index (χ0n) is 7.71. The average Bonchev–Trinajstić information content (AvgIpc) is 2.42. The van der Waals surface area contributed by atoms with E-state index in [0.717, 1.165) is 17.7 Å². The van der Waals surface area contributed by atoms with Gasteiger partial charge >= 0.3 is 0 Å². The average molecular weight is 214 g/mol. The Hall–Kier alpha value is -0.940. The molecule has 1 aromatic carbocycles. The molecule has 3 N–H and O–H groups in total. The Bertz CT molecular complexity index is 408. The van der Waals surface area contributed by atoms with Crippen molar-refractivity contribution in [2.45, 2.75) is 24.3 Å². The molecular weight excluding hydrogens is 203 g/mol. The van der Waals surface area contributed by atoms with E-state index in [9.17, 15) is 8.60 Å². The first-order chi connectivity index (χ1) is 6.58. The summed E-state index contributed by atoms with van der Waals surface area (Å²) in [6.07, 6.45) is 0.795. The molecule has 1 aliphatic heterocycles. The molecule has 5 heteroatoms. The molecule has 0 aromatic heterocycles. The van der Waals surface area contributed by atoms with Crippen molar-refractivity contribution < 1.29 is 8.60 Å². The topological polar surface area (TPSA) is 55.1 Å². The fourth-order valence-electron chi connectivity index (χ4n) is 1.70. The second-order valence-electron chi connectivity index (χ2n) is 3.49. The molecule has 0 saturated heterocycles. The second kappa shape index (κ2) is 3.33. The molecule has 1 heterocycles. The molecule has 0 spiro atoms. The number of hydrogen-bond acceptors (Lipinski definition) is 2. The van der Waals surface area contributed by atoms with Crippen molar-refractivity contribution in [2.75, 3.05) is 5.32 Å². The number of fused-ring (bicyclic) bond motifs is 1.